The summed E-state index contributed by atoms with van der Waals surface area (Å²) < 4.78 is 5.51. The van der Waals surface area contributed by atoms with Crippen LogP contribution in [0.15, 0.2) is 48.5 Å². The fourth-order valence-electron chi connectivity index (χ4n) is 4.15. The van der Waals surface area contributed by atoms with Crippen LogP contribution in [0.5, 0.6) is 0 Å². The largest absolute Gasteiger partial charge is 0.480 e. The summed E-state index contributed by atoms with van der Waals surface area (Å²) in [6.07, 6.45) is 0.449. The molecule has 0 bridgehead atoms. The van der Waals surface area contributed by atoms with Gasteiger partial charge < -0.3 is 20.5 Å². The fraction of sp³-hybridized carbons (Fsp3) is 0.348. The van der Waals surface area contributed by atoms with E-state index in [9.17, 15) is 14.4 Å². The molecule has 7 nitrogen and oxygen atoms in total. The van der Waals surface area contributed by atoms with Crippen LogP contribution in [0.3, 0.4) is 0 Å². The molecule has 2 aliphatic carbocycles. The van der Waals surface area contributed by atoms with Gasteiger partial charge in [-0.25, -0.2) is 4.79 Å². The highest BCUT2D eigenvalue weighted by molar-refractivity contribution is 5.85. The minimum absolute atomic E-state index is 0.000531. The van der Waals surface area contributed by atoms with Gasteiger partial charge in [0.25, 0.3) is 0 Å². The van der Waals surface area contributed by atoms with Gasteiger partial charge in [-0.1, -0.05) is 48.5 Å². The van der Waals surface area contributed by atoms with E-state index in [2.05, 4.69) is 34.9 Å². The lowest BCUT2D eigenvalue weighted by molar-refractivity contribution is -0.142. The summed E-state index contributed by atoms with van der Waals surface area (Å²) in [5.74, 6) is -1.65. The van der Waals surface area contributed by atoms with Crippen LogP contribution >= 0.6 is 0 Å². The predicted octanol–water partition coefficient (Wildman–Crippen LogP) is 2.89. The topological polar surface area (TPSA) is 105 Å². The van der Waals surface area contributed by atoms with Crippen LogP contribution in [-0.4, -0.2) is 41.8 Å². The van der Waals surface area contributed by atoms with Gasteiger partial charge in [0.15, 0.2) is 0 Å². The van der Waals surface area contributed by atoms with Gasteiger partial charge in [0.05, 0.1) is 0 Å². The van der Waals surface area contributed by atoms with E-state index in [-0.39, 0.29) is 30.4 Å². The lowest BCUT2D eigenvalue weighted by Crippen LogP contribution is -2.51. The number of rotatable bonds is 6. The molecule has 1 saturated carbocycles. The summed E-state index contributed by atoms with van der Waals surface area (Å²) in [6, 6.07) is 15.2. The molecule has 1 atom stereocenters. The molecule has 3 N–H and O–H groups in total. The number of benzene rings is 2. The third kappa shape index (κ3) is 3.87. The van der Waals surface area contributed by atoms with Crippen LogP contribution in [0.2, 0.25) is 0 Å². The van der Waals surface area contributed by atoms with E-state index in [1.807, 2.05) is 24.3 Å². The molecule has 0 aliphatic heterocycles. The van der Waals surface area contributed by atoms with E-state index in [4.69, 9.17) is 9.84 Å². The van der Waals surface area contributed by atoms with Crippen molar-refractivity contribution < 1.29 is 24.2 Å². The summed E-state index contributed by atoms with van der Waals surface area (Å²) in [5.41, 5.74) is 4.65. The number of nitrogens with one attached hydrogen (secondary N) is 2. The van der Waals surface area contributed by atoms with Gasteiger partial charge in [-0.3, -0.25) is 9.59 Å². The van der Waals surface area contributed by atoms with Gasteiger partial charge >= 0.3 is 12.1 Å². The second kappa shape index (κ2) is 8.18. The number of fused-ring (bicyclic) bond motifs is 3. The number of carbonyl (C=O) groups is 3. The molecular weight excluding hydrogens is 384 g/mol. The van der Waals surface area contributed by atoms with E-state index >= 15 is 0 Å². The van der Waals surface area contributed by atoms with Crippen LogP contribution < -0.4 is 10.6 Å². The fourth-order valence-corrected chi connectivity index (χ4v) is 4.15. The maximum atomic E-state index is 12.3. The summed E-state index contributed by atoms with van der Waals surface area (Å²) in [7, 11) is 0. The van der Waals surface area contributed by atoms with Crippen LogP contribution in [0, 0.1) is 5.92 Å². The molecule has 2 amide bonds. The Kier molecular flexibility index (Phi) is 5.44. The molecule has 2 aromatic rings. The number of amides is 2. The number of hydrogen-bond acceptors (Lipinski definition) is 4. The summed E-state index contributed by atoms with van der Waals surface area (Å²) in [5, 5.41) is 14.1. The molecule has 7 heteroatoms. The van der Waals surface area contributed by atoms with Crippen molar-refractivity contribution in [3.05, 3.63) is 59.7 Å². The van der Waals surface area contributed by atoms with E-state index in [0.29, 0.717) is 12.8 Å². The molecule has 1 fully saturated rings. The lowest BCUT2D eigenvalue weighted by Gasteiger charge is -2.34. The lowest BCUT2D eigenvalue weighted by atomic mass is 9.79. The molecule has 0 saturated heterocycles. The van der Waals surface area contributed by atoms with Crippen molar-refractivity contribution in [3.8, 4) is 11.1 Å². The van der Waals surface area contributed by atoms with Crippen molar-refractivity contribution >= 4 is 18.0 Å². The average Bonchev–Trinajstić information content (AvgIpc) is 3.02. The second-order valence-electron chi connectivity index (χ2n) is 7.90. The van der Waals surface area contributed by atoms with E-state index in [0.717, 1.165) is 11.1 Å². The number of carbonyl (C=O) groups excluding carboxylic acids is 2. The van der Waals surface area contributed by atoms with Gasteiger partial charge in [-0.05, 0) is 42.0 Å². The molecule has 0 heterocycles. The first-order chi connectivity index (χ1) is 14.4. The smallest absolute Gasteiger partial charge is 0.407 e. The summed E-state index contributed by atoms with van der Waals surface area (Å²) in [6.45, 7) is 1.66. The number of carboxylic acids is 1. The van der Waals surface area contributed by atoms with Crippen molar-refractivity contribution in [3.63, 3.8) is 0 Å². The Bertz CT molecular complexity index is 938. The molecule has 2 aliphatic rings. The van der Waals surface area contributed by atoms with Gasteiger partial charge in [0.2, 0.25) is 5.91 Å². The van der Waals surface area contributed by atoms with Gasteiger partial charge in [0, 0.05) is 17.9 Å². The number of aliphatic carboxylic acids is 1. The Morgan fingerprint density at radius 2 is 1.60 bits per heavy atom. The maximum absolute atomic E-state index is 12.3. The van der Waals surface area contributed by atoms with Crippen LogP contribution in [0.1, 0.15) is 36.8 Å². The molecule has 4 rings (SSSR count). The highest BCUT2D eigenvalue weighted by Crippen LogP contribution is 2.44. The first-order valence-corrected chi connectivity index (χ1v) is 10.1. The molecular formula is C23H24N2O5. The minimum atomic E-state index is -1.07. The molecule has 30 heavy (non-hydrogen) atoms. The quantitative estimate of drug-likeness (QED) is 0.682. The first kappa shape index (κ1) is 19.9. The van der Waals surface area contributed by atoms with Crippen molar-refractivity contribution in [1.82, 2.24) is 10.6 Å². The van der Waals surface area contributed by atoms with Gasteiger partial charge in [-0.15, -0.1) is 0 Å². The SMILES string of the molecule is C[C@H](NC(=O)C1CC(NC(=O)OCC2c3ccccc3-c3ccccc32)C1)C(=O)O. The molecule has 0 radical (unpaired) electrons. The van der Waals surface area contributed by atoms with E-state index in [1.54, 1.807) is 0 Å². The van der Waals surface area contributed by atoms with Crippen molar-refractivity contribution in [1.29, 1.82) is 0 Å². The zero-order valence-corrected chi connectivity index (χ0v) is 16.6. The molecule has 2 aromatic carbocycles. The van der Waals surface area contributed by atoms with Crippen molar-refractivity contribution in [2.24, 2.45) is 5.92 Å². The Morgan fingerprint density at radius 3 is 2.17 bits per heavy atom. The maximum Gasteiger partial charge on any atom is 0.407 e. The van der Waals surface area contributed by atoms with Crippen LogP contribution in [0.4, 0.5) is 4.79 Å². The monoisotopic (exact) mass is 408 g/mol. The third-order valence-corrected chi connectivity index (χ3v) is 5.90. The minimum Gasteiger partial charge on any atom is -0.480 e. The first-order valence-electron chi connectivity index (χ1n) is 10.1. The second-order valence-corrected chi connectivity index (χ2v) is 7.90. The number of alkyl carbamates (subject to hydrolysis) is 1. The normalized spacial score (nSPS) is 20.3. The Balaban J connectivity index is 1.28. The highest BCUT2D eigenvalue weighted by atomic mass is 16.5. The molecule has 0 spiro atoms. The van der Waals surface area contributed by atoms with Crippen molar-refractivity contribution in [2.45, 2.75) is 37.8 Å². The average molecular weight is 408 g/mol. The Labute approximate surface area is 174 Å². The zero-order valence-electron chi connectivity index (χ0n) is 16.6. The van der Waals surface area contributed by atoms with Crippen LogP contribution in [-0.2, 0) is 14.3 Å². The third-order valence-electron chi connectivity index (χ3n) is 5.90. The molecule has 0 unspecified atom stereocenters. The van der Waals surface area contributed by atoms with E-state index < -0.39 is 18.1 Å². The number of carboxylic acid groups (broad SMARTS) is 1. The van der Waals surface area contributed by atoms with E-state index in [1.165, 1.54) is 18.1 Å². The summed E-state index contributed by atoms with van der Waals surface area (Å²) in [4.78, 5) is 35.1. The Hall–Kier alpha value is -3.35. The van der Waals surface area contributed by atoms with Crippen molar-refractivity contribution in [2.75, 3.05) is 6.61 Å². The standard InChI is InChI=1S/C23H24N2O5/c1-13(22(27)28)24-21(26)14-10-15(11-14)25-23(29)30-12-20-18-8-4-2-6-16(18)17-7-3-5-9-19(17)20/h2-9,13-15,20H,10-12H2,1H3,(H,24,26)(H,25,29)(H,27,28)/t13-,14?,15?/m0/s1. The zero-order chi connectivity index (χ0) is 21.3. The Morgan fingerprint density at radius 1 is 1.03 bits per heavy atom. The molecule has 156 valence electrons. The van der Waals surface area contributed by atoms with Gasteiger partial charge in [-0.2, -0.15) is 0 Å². The number of ether oxygens (including phenoxy) is 1. The van der Waals surface area contributed by atoms with Crippen LogP contribution in [0.25, 0.3) is 11.1 Å². The van der Waals surface area contributed by atoms with Gasteiger partial charge in [0.1, 0.15) is 12.6 Å². The highest BCUT2D eigenvalue weighted by Gasteiger charge is 2.37. The summed E-state index contributed by atoms with van der Waals surface area (Å²) >= 11 is 0. The predicted molar refractivity (Wildman–Crippen MR) is 110 cm³/mol. The molecule has 0 aromatic heterocycles. The number of hydrogen-bond donors (Lipinski definition) is 3.